The summed E-state index contributed by atoms with van der Waals surface area (Å²) in [5, 5.41) is 0. The van der Waals surface area contributed by atoms with Crippen LogP contribution in [-0.2, 0) is 10.8 Å². The third-order valence-corrected chi connectivity index (χ3v) is 16.8. The van der Waals surface area contributed by atoms with Gasteiger partial charge in [-0.3, -0.25) is 0 Å². The van der Waals surface area contributed by atoms with Crippen LogP contribution in [0.15, 0.2) is 278 Å². The molecular formula is C78H68N2. The lowest BCUT2D eigenvalue weighted by Gasteiger charge is -2.32. The molecule has 0 saturated carbocycles. The minimum atomic E-state index is -0.425. The van der Waals surface area contributed by atoms with Crippen LogP contribution in [0.5, 0.6) is 0 Å². The highest BCUT2D eigenvalue weighted by Gasteiger charge is 2.54. The zero-order chi connectivity index (χ0) is 55.1. The van der Waals surface area contributed by atoms with Gasteiger partial charge in [-0.25, -0.2) is 0 Å². The normalized spacial score (nSPS) is 14.0. The van der Waals surface area contributed by atoms with E-state index in [1.165, 1.54) is 89.0 Å². The van der Waals surface area contributed by atoms with E-state index in [1.54, 1.807) is 0 Å². The van der Waals surface area contributed by atoms with Crippen LogP contribution in [0.4, 0.5) is 22.7 Å². The number of anilines is 4. The van der Waals surface area contributed by atoms with Gasteiger partial charge in [0.2, 0.25) is 0 Å². The summed E-state index contributed by atoms with van der Waals surface area (Å²) < 4.78 is 0. The van der Waals surface area contributed by atoms with E-state index in [0.717, 1.165) is 45.3 Å². The molecule has 2 heteroatoms. The van der Waals surface area contributed by atoms with E-state index >= 15 is 0 Å². The summed E-state index contributed by atoms with van der Waals surface area (Å²) in [6.45, 7) is 16.5. The summed E-state index contributed by atoms with van der Waals surface area (Å²) in [7, 11) is 0. The number of hydrogen-bond acceptors (Lipinski definition) is 2. The van der Waals surface area contributed by atoms with Gasteiger partial charge in [-0.2, -0.15) is 0 Å². The van der Waals surface area contributed by atoms with Gasteiger partial charge in [0.05, 0.1) is 22.2 Å². The lowest BCUT2D eigenvalue weighted by atomic mass is 9.70. The van der Waals surface area contributed by atoms with Gasteiger partial charge < -0.3 is 9.80 Å². The molecule has 0 aromatic heterocycles. The Morgan fingerprint density at radius 2 is 0.550 bits per heavy atom. The second-order valence-electron chi connectivity index (χ2n) is 20.4. The molecule has 0 N–H and O–H groups in total. The highest BCUT2D eigenvalue weighted by molar-refractivity contribution is 6.02. The molecule has 0 unspecified atom stereocenters. The van der Waals surface area contributed by atoms with Crippen LogP contribution in [0.2, 0.25) is 0 Å². The predicted octanol–water partition coefficient (Wildman–Crippen LogP) is 21.3. The fourth-order valence-corrected chi connectivity index (χ4v) is 14.0. The van der Waals surface area contributed by atoms with Crippen molar-refractivity contribution in [2.45, 2.75) is 66.2 Å². The molecule has 0 bridgehead atoms. The first-order valence-corrected chi connectivity index (χ1v) is 28.8. The quantitative estimate of drug-likeness (QED) is 0.133. The standard InChI is InChI=1S/C74H56N2.2C2H6/c1-5-23-51(7-3)75(69-39-21-37-67-71(69)59-29-13-19-35-65(59)73(67)61-31-15-9-25-55(61)56-26-10-16-32-62(56)73)53-45-41-49(42-46-53)50-43-47-54(48-44-50)76(52(8-4)24-6-2)70-40-22-38-68-72(70)60-30-14-20-36-66(60)74(68)63-33-17-11-27-57(63)58-28-12-18-34-64(58)74;2*1-2/h5-48H,1-4H3;2*1-2H3/b23-5-,24-6-,51-7+,52-8+;;. The Balaban J connectivity index is 0.00000156. The number of hydrogen-bond donors (Lipinski definition) is 0. The van der Waals surface area contributed by atoms with Crippen LogP contribution in [0.25, 0.3) is 55.6 Å². The average molecular weight is 1030 g/mol. The number of rotatable bonds is 9. The fourth-order valence-electron chi connectivity index (χ4n) is 14.0. The van der Waals surface area contributed by atoms with Crippen molar-refractivity contribution in [1.29, 1.82) is 0 Å². The maximum Gasteiger partial charge on any atom is 0.0726 e. The molecule has 10 aromatic rings. The van der Waals surface area contributed by atoms with Crippen LogP contribution in [0.1, 0.15) is 99.9 Å². The molecule has 10 aromatic carbocycles. The largest absolute Gasteiger partial charge is 0.310 e. The van der Waals surface area contributed by atoms with Gasteiger partial charge in [-0.1, -0.05) is 246 Å². The highest BCUT2D eigenvalue weighted by Crippen LogP contribution is 2.66. The van der Waals surface area contributed by atoms with Crippen LogP contribution in [0.3, 0.4) is 0 Å². The van der Waals surface area contributed by atoms with Crippen LogP contribution in [0, 0.1) is 0 Å². The van der Waals surface area contributed by atoms with Crippen molar-refractivity contribution in [1.82, 2.24) is 0 Å². The van der Waals surface area contributed by atoms with Crippen LogP contribution >= 0.6 is 0 Å². The minimum absolute atomic E-state index is 0.425. The predicted molar refractivity (Wildman–Crippen MR) is 341 cm³/mol. The highest BCUT2D eigenvalue weighted by atomic mass is 15.2. The molecule has 2 nitrogen and oxygen atoms in total. The minimum Gasteiger partial charge on any atom is -0.310 e. The van der Waals surface area contributed by atoms with Crippen molar-refractivity contribution >= 4 is 22.7 Å². The molecule has 0 radical (unpaired) electrons. The van der Waals surface area contributed by atoms with Crippen molar-refractivity contribution < 1.29 is 0 Å². The Morgan fingerprint density at radius 3 is 0.838 bits per heavy atom. The average Bonchev–Trinajstić information content (AvgIpc) is 4.42. The Labute approximate surface area is 474 Å². The van der Waals surface area contributed by atoms with Crippen molar-refractivity contribution in [2.24, 2.45) is 0 Å². The zero-order valence-electron chi connectivity index (χ0n) is 47.3. The molecule has 2 spiro atoms. The molecule has 4 aliphatic rings. The molecule has 0 aliphatic heterocycles. The first-order chi connectivity index (χ1) is 39.6. The molecule has 0 amide bonds. The van der Waals surface area contributed by atoms with Crippen molar-refractivity contribution in [3.05, 3.63) is 323 Å². The summed E-state index contributed by atoms with van der Waals surface area (Å²) in [6, 6.07) is 86.6. The summed E-state index contributed by atoms with van der Waals surface area (Å²) in [4.78, 5) is 4.91. The van der Waals surface area contributed by atoms with E-state index in [0.29, 0.717) is 0 Å². The number of benzene rings is 10. The molecule has 4 aliphatic carbocycles. The monoisotopic (exact) mass is 1030 g/mol. The smallest absolute Gasteiger partial charge is 0.0726 e. The maximum atomic E-state index is 2.45. The Kier molecular flexibility index (Phi) is 13.6. The molecule has 14 rings (SSSR count). The van der Waals surface area contributed by atoms with Crippen LogP contribution in [-0.4, -0.2) is 0 Å². The van der Waals surface area contributed by atoms with Gasteiger partial charge >= 0.3 is 0 Å². The van der Waals surface area contributed by atoms with Crippen molar-refractivity contribution in [2.75, 3.05) is 9.80 Å². The molecule has 0 atom stereocenters. The fraction of sp³-hybridized carbons (Fsp3) is 0.128. The third-order valence-electron chi connectivity index (χ3n) is 16.8. The molecule has 80 heavy (non-hydrogen) atoms. The van der Waals surface area contributed by atoms with Crippen molar-refractivity contribution in [3.8, 4) is 55.6 Å². The SMILES string of the molecule is C/C=C\C(=C/C)N(c1ccc(-c2ccc(N(C(/C=C\C)=C/C)c3cccc4c3-c3ccccc3C43c4ccccc4-c4ccccc43)cc2)cc1)c1cccc2c1-c1ccccc1C21c2ccccc2-c2ccccc21.CC.CC. The van der Waals surface area contributed by atoms with Gasteiger partial charge in [0, 0.05) is 33.9 Å². The second kappa shape index (κ2) is 21.2. The molecule has 0 saturated heterocycles. The number of allylic oxidation sites excluding steroid dienone is 6. The van der Waals surface area contributed by atoms with Gasteiger partial charge in [-0.15, -0.1) is 0 Å². The summed E-state index contributed by atoms with van der Waals surface area (Å²) in [5.74, 6) is 0. The van der Waals surface area contributed by atoms with Gasteiger partial charge in [0.25, 0.3) is 0 Å². The van der Waals surface area contributed by atoms with Gasteiger partial charge in [0.1, 0.15) is 0 Å². The first-order valence-electron chi connectivity index (χ1n) is 28.8. The van der Waals surface area contributed by atoms with E-state index in [1.807, 2.05) is 27.7 Å². The summed E-state index contributed by atoms with van der Waals surface area (Å²) in [5.41, 5.74) is 29.3. The lowest BCUT2D eigenvalue weighted by Crippen LogP contribution is -2.26. The van der Waals surface area contributed by atoms with Crippen molar-refractivity contribution in [3.63, 3.8) is 0 Å². The van der Waals surface area contributed by atoms with E-state index in [2.05, 4.69) is 304 Å². The topological polar surface area (TPSA) is 6.48 Å². The Morgan fingerprint density at radius 1 is 0.287 bits per heavy atom. The van der Waals surface area contributed by atoms with Crippen LogP contribution < -0.4 is 9.80 Å². The number of nitrogens with zero attached hydrogens (tertiary/aromatic N) is 2. The zero-order valence-corrected chi connectivity index (χ0v) is 47.3. The second-order valence-corrected chi connectivity index (χ2v) is 20.4. The molecular weight excluding hydrogens is 965 g/mol. The van der Waals surface area contributed by atoms with E-state index in [4.69, 9.17) is 0 Å². The Hall–Kier alpha value is -9.24. The third kappa shape index (κ3) is 7.38. The maximum absolute atomic E-state index is 2.45. The van der Waals surface area contributed by atoms with E-state index in [9.17, 15) is 0 Å². The van der Waals surface area contributed by atoms with Gasteiger partial charge in [0.15, 0.2) is 0 Å². The molecule has 0 fully saturated rings. The van der Waals surface area contributed by atoms with E-state index < -0.39 is 10.8 Å². The summed E-state index contributed by atoms with van der Waals surface area (Å²) in [6.07, 6.45) is 13.2. The lowest BCUT2D eigenvalue weighted by molar-refractivity contribution is 0.793. The molecule has 390 valence electrons. The van der Waals surface area contributed by atoms with E-state index in [-0.39, 0.29) is 0 Å². The molecule has 0 heterocycles. The Bertz CT molecular complexity index is 3750. The van der Waals surface area contributed by atoms with Gasteiger partial charge in [-0.05, 0) is 165 Å². The number of fused-ring (bicyclic) bond motifs is 20. The summed E-state index contributed by atoms with van der Waals surface area (Å²) >= 11 is 0. The first kappa shape index (κ1) is 51.5.